The van der Waals surface area contributed by atoms with E-state index < -0.39 is 0 Å². The quantitative estimate of drug-likeness (QED) is 0.631. The number of likely N-dealkylation sites (N-methyl/N-ethyl adjacent to an activating group) is 1. The minimum atomic E-state index is 0.687. The number of nitrogens with one attached hydrogen (secondary N) is 1. The number of rotatable bonds is 11. The van der Waals surface area contributed by atoms with Gasteiger partial charge >= 0.3 is 0 Å². The van der Waals surface area contributed by atoms with Crippen LogP contribution in [0.1, 0.15) is 20.8 Å². The summed E-state index contributed by atoms with van der Waals surface area (Å²) >= 11 is 0. The molecule has 0 aliphatic heterocycles. The molecular weight excluding hydrogens is 252 g/mol. The number of benzene rings is 1. The van der Waals surface area contributed by atoms with Gasteiger partial charge in [-0.25, -0.2) is 0 Å². The molecule has 0 spiro atoms. The predicted molar refractivity (Wildman–Crippen MR) is 83.8 cm³/mol. The van der Waals surface area contributed by atoms with Crippen molar-refractivity contribution in [3.05, 3.63) is 24.3 Å². The van der Waals surface area contributed by atoms with E-state index in [9.17, 15) is 0 Å². The van der Waals surface area contributed by atoms with E-state index >= 15 is 0 Å². The molecule has 0 radical (unpaired) electrons. The van der Waals surface area contributed by atoms with Crippen LogP contribution in [0.15, 0.2) is 24.3 Å². The lowest BCUT2D eigenvalue weighted by molar-refractivity contribution is 0.285. The van der Waals surface area contributed by atoms with E-state index in [0.29, 0.717) is 13.2 Å². The summed E-state index contributed by atoms with van der Waals surface area (Å²) in [5.41, 5.74) is 0. The monoisotopic (exact) mass is 280 g/mol. The predicted octanol–water partition coefficient (Wildman–Crippen LogP) is 2.40. The highest BCUT2D eigenvalue weighted by Crippen LogP contribution is 2.17. The van der Waals surface area contributed by atoms with E-state index in [0.717, 1.165) is 44.2 Å². The van der Waals surface area contributed by atoms with Crippen molar-refractivity contribution in [2.24, 2.45) is 0 Å². The van der Waals surface area contributed by atoms with Crippen molar-refractivity contribution in [1.82, 2.24) is 10.2 Å². The van der Waals surface area contributed by atoms with Crippen molar-refractivity contribution < 1.29 is 9.47 Å². The van der Waals surface area contributed by atoms with Crippen molar-refractivity contribution in [2.45, 2.75) is 20.8 Å². The molecule has 0 atom stereocenters. The van der Waals surface area contributed by atoms with E-state index in [1.54, 1.807) is 0 Å². The second-order valence-electron chi connectivity index (χ2n) is 4.53. The Morgan fingerprint density at radius 2 is 1.50 bits per heavy atom. The summed E-state index contributed by atoms with van der Waals surface area (Å²) in [5.74, 6) is 1.77. The zero-order chi connectivity index (χ0) is 14.6. The van der Waals surface area contributed by atoms with Crippen LogP contribution in [-0.2, 0) is 0 Å². The van der Waals surface area contributed by atoms with Crippen LogP contribution in [0.5, 0.6) is 11.5 Å². The molecule has 0 fully saturated rings. The highest BCUT2D eigenvalue weighted by molar-refractivity contribution is 5.31. The molecule has 1 rings (SSSR count). The number of hydrogen-bond donors (Lipinski definition) is 1. The van der Waals surface area contributed by atoms with Gasteiger partial charge in [0.15, 0.2) is 0 Å². The van der Waals surface area contributed by atoms with E-state index in [-0.39, 0.29) is 0 Å². The van der Waals surface area contributed by atoms with Crippen LogP contribution in [0.4, 0.5) is 0 Å². The van der Waals surface area contributed by atoms with Crippen molar-refractivity contribution in [3.8, 4) is 11.5 Å². The molecule has 4 heteroatoms. The average molecular weight is 280 g/mol. The van der Waals surface area contributed by atoms with Gasteiger partial charge in [0.2, 0.25) is 0 Å². The molecule has 0 heterocycles. The topological polar surface area (TPSA) is 33.7 Å². The second kappa shape index (κ2) is 10.5. The highest BCUT2D eigenvalue weighted by atomic mass is 16.5. The van der Waals surface area contributed by atoms with E-state index in [1.165, 1.54) is 0 Å². The Bertz CT molecular complexity index is 337. The Kier molecular flexibility index (Phi) is 8.83. The summed E-state index contributed by atoms with van der Waals surface area (Å²) in [6, 6.07) is 7.76. The van der Waals surface area contributed by atoms with E-state index in [4.69, 9.17) is 9.47 Å². The first-order valence-electron chi connectivity index (χ1n) is 7.58. The van der Waals surface area contributed by atoms with Gasteiger partial charge in [-0.05, 0) is 44.3 Å². The molecule has 1 N–H and O–H groups in total. The van der Waals surface area contributed by atoms with Crippen LogP contribution in [0, 0.1) is 0 Å². The highest BCUT2D eigenvalue weighted by Gasteiger charge is 1.98. The summed E-state index contributed by atoms with van der Waals surface area (Å²) in [4.78, 5) is 2.40. The number of hydrogen-bond acceptors (Lipinski definition) is 4. The van der Waals surface area contributed by atoms with Crippen LogP contribution < -0.4 is 14.8 Å². The summed E-state index contributed by atoms with van der Waals surface area (Å²) < 4.78 is 11.1. The van der Waals surface area contributed by atoms with Gasteiger partial charge in [0, 0.05) is 19.6 Å². The van der Waals surface area contributed by atoms with Crippen molar-refractivity contribution in [1.29, 1.82) is 0 Å². The Morgan fingerprint density at radius 3 is 2.05 bits per heavy atom. The maximum Gasteiger partial charge on any atom is 0.119 e. The third-order valence-electron chi connectivity index (χ3n) is 3.18. The lowest BCUT2D eigenvalue weighted by atomic mass is 10.3. The van der Waals surface area contributed by atoms with Gasteiger partial charge in [0.25, 0.3) is 0 Å². The summed E-state index contributed by atoms with van der Waals surface area (Å²) in [6.45, 7) is 12.9. The summed E-state index contributed by atoms with van der Waals surface area (Å²) in [5, 5.41) is 3.40. The minimum Gasteiger partial charge on any atom is -0.494 e. The average Bonchev–Trinajstić information content (AvgIpc) is 2.48. The molecule has 0 aliphatic rings. The minimum absolute atomic E-state index is 0.687. The Hall–Kier alpha value is -1.26. The van der Waals surface area contributed by atoms with Crippen LogP contribution in [0.2, 0.25) is 0 Å². The normalized spacial score (nSPS) is 10.8. The van der Waals surface area contributed by atoms with Gasteiger partial charge in [0.05, 0.1) is 6.61 Å². The van der Waals surface area contributed by atoms with Crippen molar-refractivity contribution >= 4 is 0 Å². The lowest BCUT2D eigenvalue weighted by Gasteiger charge is -2.18. The first-order chi connectivity index (χ1) is 9.80. The Morgan fingerprint density at radius 1 is 0.900 bits per heavy atom. The lowest BCUT2D eigenvalue weighted by Crippen LogP contribution is -2.33. The molecule has 0 saturated carbocycles. The summed E-state index contributed by atoms with van der Waals surface area (Å²) in [7, 11) is 0. The third kappa shape index (κ3) is 6.78. The second-order valence-corrected chi connectivity index (χ2v) is 4.53. The standard InChI is InChI=1S/C16H28N2O2/c1-4-18(5-2)13-11-17-12-14-20-16-9-7-15(8-10-16)19-6-3/h7-10,17H,4-6,11-14H2,1-3H3. The first-order valence-corrected chi connectivity index (χ1v) is 7.58. The smallest absolute Gasteiger partial charge is 0.119 e. The largest absolute Gasteiger partial charge is 0.494 e. The van der Waals surface area contributed by atoms with Gasteiger partial charge in [-0.2, -0.15) is 0 Å². The van der Waals surface area contributed by atoms with Gasteiger partial charge < -0.3 is 19.7 Å². The van der Waals surface area contributed by atoms with Crippen LogP contribution in [-0.4, -0.2) is 50.8 Å². The molecule has 0 unspecified atom stereocenters. The molecular formula is C16H28N2O2. The molecule has 0 bridgehead atoms. The molecule has 1 aromatic carbocycles. The van der Waals surface area contributed by atoms with Gasteiger partial charge in [-0.15, -0.1) is 0 Å². The molecule has 20 heavy (non-hydrogen) atoms. The number of ether oxygens (including phenoxy) is 2. The third-order valence-corrected chi connectivity index (χ3v) is 3.18. The SMILES string of the molecule is CCOc1ccc(OCCNCCN(CC)CC)cc1. The Labute approximate surface area is 123 Å². The van der Waals surface area contributed by atoms with Crippen molar-refractivity contribution in [2.75, 3.05) is 45.9 Å². The summed E-state index contributed by atoms with van der Waals surface area (Å²) in [6.07, 6.45) is 0. The molecule has 0 amide bonds. The zero-order valence-electron chi connectivity index (χ0n) is 13.0. The zero-order valence-corrected chi connectivity index (χ0v) is 13.0. The fourth-order valence-corrected chi connectivity index (χ4v) is 1.94. The first kappa shape index (κ1) is 16.8. The van der Waals surface area contributed by atoms with Crippen LogP contribution in [0.25, 0.3) is 0 Å². The fraction of sp³-hybridized carbons (Fsp3) is 0.625. The maximum atomic E-state index is 5.67. The van der Waals surface area contributed by atoms with Crippen LogP contribution >= 0.6 is 0 Å². The molecule has 0 saturated heterocycles. The molecule has 0 aromatic heterocycles. The molecule has 114 valence electrons. The van der Waals surface area contributed by atoms with Gasteiger partial charge in [-0.1, -0.05) is 13.8 Å². The number of nitrogens with zero attached hydrogens (tertiary/aromatic N) is 1. The van der Waals surface area contributed by atoms with E-state index in [2.05, 4.69) is 24.1 Å². The molecule has 4 nitrogen and oxygen atoms in total. The Balaban J connectivity index is 2.09. The van der Waals surface area contributed by atoms with Gasteiger partial charge in [0.1, 0.15) is 18.1 Å². The fourth-order valence-electron chi connectivity index (χ4n) is 1.94. The maximum absolute atomic E-state index is 5.67. The molecule has 0 aliphatic carbocycles. The van der Waals surface area contributed by atoms with Crippen LogP contribution in [0.3, 0.4) is 0 Å². The molecule has 1 aromatic rings. The van der Waals surface area contributed by atoms with Crippen molar-refractivity contribution in [3.63, 3.8) is 0 Å². The van der Waals surface area contributed by atoms with Gasteiger partial charge in [-0.3, -0.25) is 0 Å². The van der Waals surface area contributed by atoms with E-state index in [1.807, 2.05) is 31.2 Å².